The number of hydrazone groups is 1. The van der Waals surface area contributed by atoms with Gasteiger partial charge in [0.2, 0.25) is 0 Å². The molecule has 3 rings (SSSR count). The lowest BCUT2D eigenvalue weighted by atomic mass is 10.0. The zero-order valence-corrected chi connectivity index (χ0v) is 23.3. The Labute approximate surface area is 233 Å². The molecule has 0 aliphatic carbocycles. The molecule has 1 unspecified atom stereocenters. The molecular formula is C26H23BrCl3N3O3. The van der Waals surface area contributed by atoms with Gasteiger partial charge >= 0.3 is 0 Å². The number of amides is 2. The zero-order chi connectivity index (χ0) is 26.2. The quantitative estimate of drug-likeness (QED) is 0.204. The summed E-state index contributed by atoms with van der Waals surface area (Å²) in [6, 6.07) is 16.6. The molecule has 0 saturated carbocycles. The maximum absolute atomic E-state index is 12.7. The molecular weight excluding hydrogens is 589 g/mol. The predicted molar refractivity (Wildman–Crippen MR) is 148 cm³/mol. The van der Waals surface area contributed by atoms with Gasteiger partial charge < -0.3 is 10.1 Å². The Morgan fingerprint density at radius 1 is 1.00 bits per heavy atom. The third kappa shape index (κ3) is 7.96. The summed E-state index contributed by atoms with van der Waals surface area (Å²) in [6.07, 6.45) is 1.50. The van der Waals surface area contributed by atoms with E-state index in [1.54, 1.807) is 6.07 Å². The SMILES string of the molecule is CC(C)C(NC(=O)c1ccc(Cl)c(Cl)c1)C(=O)NN=Cc1ccc(OCc2ccc(Cl)cc2)c(Br)c1. The molecule has 6 nitrogen and oxygen atoms in total. The molecule has 2 N–H and O–H groups in total. The Bertz CT molecular complexity index is 1270. The lowest BCUT2D eigenvalue weighted by Gasteiger charge is -2.20. The van der Waals surface area contributed by atoms with E-state index in [1.165, 1.54) is 24.4 Å². The van der Waals surface area contributed by atoms with Crippen LogP contribution in [0.15, 0.2) is 70.2 Å². The number of rotatable bonds is 9. The van der Waals surface area contributed by atoms with Crippen LogP contribution in [0.2, 0.25) is 15.1 Å². The number of carbonyl (C=O) groups excluding carboxylic acids is 2. The highest BCUT2D eigenvalue weighted by Crippen LogP contribution is 2.27. The third-order valence-corrected chi connectivity index (χ3v) is 6.68. The van der Waals surface area contributed by atoms with E-state index >= 15 is 0 Å². The molecule has 1 atom stereocenters. The minimum Gasteiger partial charge on any atom is -0.488 e. The van der Waals surface area contributed by atoms with Crippen molar-refractivity contribution in [3.05, 3.63) is 96.9 Å². The van der Waals surface area contributed by atoms with E-state index in [2.05, 4.69) is 31.8 Å². The first-order chi connectivity index (χ1) is 17.1. The Morgan fingerprint density at radius 2 is 1.72 bits per heavy atom. The average molecular weight is 612 g/mol. The van der Waals surface area contributed by atoms with Crippen molar-refractivity contribution >= 4 is 68.8 Å². The third-order valence-electron chi connectivity index (χ3n) is 5.07. The summed E-state index contributed by atoms with van der Waals surface area (Å²) in [6.45, 7) is 4.04. The second kappa shape index (κ2) is 13.1. The van der Waals surface area contributed by atoms with Gasteiger partial charge in [-0.3, -0.25) is 9.59 Å². The minimum atomic E-state index is -0.806. The highest BCUT2D eigenvalue weighted by molar-refractivity contribution is 9.10. The molecule has 3 aromatic carbocycles. The Hall–Kier alpha value is -2.58. The number of nitrogens with zero attached hydrogens (tertiary/aromatic N) is 1. The van der Waals surface area contributed by atoms with Crippen molar-refractivity contribution in [1.29, 1.82) is 0 Å². The van der Waals surface area contributed by atoms with E-state index in [-0.39, 0.29) is 10.9 Å². The molecule has 188 valence electrons. The molecule has 3 aromatic rings. The highest BCUT2D eigenvalue weighted by atomic mass is 79.9. The average Bonchev–Trinajstić information content (AvgIpc) is 2.84. The van der Waals surface area contributed by atoms with Gasteiger partial charge in [0.05, 0.1) is 20.7 Å². The van der Waals surface area contributed by atoms with Crippen molar-refractivity contribution in [1.82, 2.24) is 10.7 Å². The summed E-state index contributed by atoms with van der Waals surface area (Å²) in [7, 11) is 0. The number of benzene rings is 3. The highest BCUT2D eigenvalue weighted by Gasteiger charge is 2.24. The summed E-state index contributed by atoms with van der Waals surface area (Å²) >= 11 is 21.3. The Balaban J connectivity index is 1.58. The summed E-state index contributed by atoms with van der Waals surface area (Å²) < 4.78 is 6.58. The molecule has 36 heavy (non-hydrogen) atoms. The maximum Gasteiger partial charge on any atom is 0.262 e. The predicted octanol–water partition coefficient (Wildman–Crippen LogP) is 6.89. The maximum atomic E-state index is 12.7. The Morgan fingerprint density at radius 3 is 2.36 bits per heavy atom. The van der Waals surface area contributed by atoms with E-state index in [1.807, 2.05) is 50.2 Å². The first-order valence-electron chi connectivity index (χ1n) is 10.9. The van der Waals surface area contributed by atoms with Crippen LogP contribution >= 0.6 is 50.7 Å². The largest absolute Gasteiger partial charge is 0.488 e. The summed E-state index contributed by atoms with van der Waals surface area (Å²) in [5.74, 6) is -0.407. The van der Waals surface area contributed by atoms with Crippen molar-refractivity contribution in [2.24, 2.45) is 11.0 Å². The van der Waals surface area contributed by atoms with E-state index in [0.29, 0.717) is 28.0 Å². The van der Waals surface area contributed by atoms with Crippen molar-refractivity contribution in [2.75, 3.05) is 0 Å². The zero-order valence-electron chi connectivity index (χ0n) is 19.4. The first kappa shape index (κ1) is 28.0. The van der Waals surface area contributed by atoms with Crippen LogP contribution in [0.1, 0.15) is 35.3 Å². The van der Waals surface area contributed by atoms with Gasteiger partial charge in [0.25, 0.3) is 11.8 Å². The van der Waals surface area contributed by atoms with Crippen LogP contribution in [-0.2, 0) is 11.4 Å². The minimum absolute atomic E-state index is 0.182. The lowest BCUT2D eigenvalue weighted by Crippen LogP contribution is -2.48. The molecule has 2 amide bonds. The molecule has 0 bridgehead atoms. The fourth-order valence-electron chi connectivity index (χ4n) is 3.09. The summed E-state index contributed by atoms with van der Waals surface area (Å²) in [5.41, 5.74) is 4.52. The molecule has 0 aromatic heterocycles. The molecule has 0 saturated heterocycles. The molecule has 0 aliphatic heterocycles. The van der Waals surface area contributed by atoms with Gasteiger partial charge in [0.15, 0.2) is 0 Å². The second-order valence-electron chi connectivity index (χ2n) is 8.16. The second-order valence-corrected chi connectivity index (χ2v) is 10.3. The van der Waals surface area contributed by atoms with Crippen molar-refractivity contribution in [3.63, 3.8) is 0 Å². The first-order valence-corrected chi connectivity index (χ1v) is 12.8. The van der Waals surface area contributed by atoms with Gasteiger partial charge in [-0.15, -0.1) is 0 Å². The van der Waals surface area contributed by atoms with E-state index in [4.69, 9.17) is 39.5 Å². The number of hydrogen-bond donors (Lipinski definition) is 2. The van der Waals surface area contributed by atoms with E-state index < -0.39 is 17.9 Å². The molecule has 0 radical (unpaired) electrons. The van der Waals surface area contributed by atoms with Crippen LogP contribution in [0.3, 0.4) is 0 Å². The topological polar surface area (TPSA) is 79.8 Å². The number of nitrogens with one attached hydrogen (secondary N) is 2. The van der Waals surface area contributed by atoms with E-state index in [0.717, 1.165) is 15.6 Å². The van der Waals surface area contributed by atoms with Gasteiger partial charge in [-0.2, -0.15) is 5.10 Å². The lowest BCUT2D eigenvalue weighted by molar-refractivity contribution is -0.123. The standard InChI is InChI=1S/C26H23BrCl3N3O3/c1-15(2)24(32-25(34)18-6-9-21(29)22(30)12-18)26(35)33-31-13-17-5-10-23(20(27)11-17)36-14-16-3-7-19(28)8-4-16/h3-13,15,24H,14H2,1-2H3,(H,32,34)(H,33,35). The van der Waals surface area contributed by atoms with Crippen LogP contribution in [0.5, 0.6) is 5.75 Å². The molecule has 0 spiro atoms. The molecule has 0 aliphatic rings. The summed E-state index contributed by atoms with van der Waals surface area (Å²) in [5, 5.41) is 8.02. The molecule has 0 heterocycles. The fraction of sp³-hybridized carbons (Fsp3) is 0.192. The van der Waals surface area contributed by atoms with Crippen molar-refractivity contribution in [3.8, 4) is 5.75 Å². The normalized spacial score (nSPS) is 12.0. The van der Waals surface area contributed by atoms with Gasteiger partial charge in [-0.1, -0.05) is 60.8 Å². The van der Waals surface area contributed by atoms with Crippen LogP contribution < -0.4 is 15.5 Å². The van der Waals surface area contributed by atoms with Crippen LogP contribution in [0.4, 0.5) is 0 Å². The number of ether oxygens (including phenoxy) is 1. The number of hydrogen-bond acceptors (Lipinski definition) is 4. The number of halogens is 4. The van der Waals surface area contributed by atoms with Gasteiger partial charge in [-0.05, 0) is 81.5 Å². The van der Waals surface area contributed by atoms with Crippen LogP contribution in [0.25, 0.3) is 0 Å². The van der Waals surface area contributed by atoms with E-state index in [9.17, 15) is 9.59 Å². The van der Waals surface area contributed by atoms with Gasteiger partial charge in [0, 0.05) is 10.6 Å². The smallest absolute Gasteiger partial charge is 0.262 e. The summed E-state index contributed by atoms with van der Waals surface area (Å²) in [4.78, 5) is 25.3. The molecule has 0 fully saturated rings. The van der Waals surface area contributed by atoms with Crippen molar-refractivity contribution in [2.45, 2.75) is 26.5 Å². The van der Waals surface area contributed by atoms with Crippen LogP contribution in [0, 0.1) is 5.92 Å². The Kier molecular flexibility index (Phi) is 10.2. The van der Waals surface area contributed by atoms with Crippen molar-refractivity contribution < 1.29 is 14.3 Å². The number of carbonyl (C=O) groups is 2. The molecule has 10 heteroatoms. The fourth-order valence-corrected chi connectivity index (χ4v) is 4.03. The van der Waals surface area contributed by atoms with Crippen LogP contribution in [-0.4, -0.2) is 24.1 Å². The van der Waals surface area contributed by atoms with Gasteiger partial charge in [-0.25, -0.2) is 5.43 Å². The monoisotopic (exact) mass is 609 g/mol. The van der Waals surface area contributed by atoms with Gasteiger partial charge in [0.1, 0.15) is 18.4 Å².